The molecule has 3 rings (SSSR count). The predicted molar refractivity (Wildman–Crippen MR) is 72.0 cm³/mol. The number of benzene rings is 1. The molecule has 0 saturated carbocycles. The third kappa shape index (κ3) is 1.75. The molecule has 0 radical (unpaired) electrons. The van der Waals surface area contributed by atoms with Crippen LogP contribution in [-0.2, 0) is 6.42 Å². The van der Waals surface area contributed by atoms with Crippen molar-refractivity contribution in [2.75, 3.05) is 11.5 Å². The number of nitrogens with zero attached hydrogens (tertiary/aromatic N) is 2. The molecular formula is C13H13N5. The molecule has 2 heterocycles. The number of aromatic amines is 1. The second kappa shape index (κ2) is 4.03. The average Bonchev–Trinajstić information content (AvgIpc) is 2.76. The summed E-state index contributed by atoms with van der Waals surface area (Å²) < 4.78 is 0. The van der Waals surface area contributed by atoms with Gasteiger partial charge in [0, 0.05) is 35.3 Å². The van der Waals surface area contributed by atoms with E-state index in [-0.39, 0.29) is 5.95 Å². The molecule has 0 bridgehead atoms. The lowest BCUT2D eigenvalue weighted by molar-refractivity contribution is 1.10. The molecule has 0 aliphatic carbocycles. The molecule has 0 atom stereocenters. The van der Waals surface area contributed by atoms with Crippen LogP contribution >= 0.6 is 0 Å². The molecule has 0 aliphatic rings. The molecule has 5 nitrogen and oxygen atoms in total. The third-order valence-corrected chi connectivity index (χ3v) is 2.97. The van der Waals surface area contributed by atoms with E-state index < -0.39 is 0 Å². The number of hydrogen-bond donors (Lipinski definition) is 3. The molecule has 1 aromatic carbocycles. The van der Waals surface area contributed by atoms with E-state index in [1.807, 2.05) is 24.4 Å². The number of para-hydroxylation sites is 1. The molecule has 90 valence electrons. The SMILES string of the molecule is Nc1ncc(Cc2c[nH]c3ccccc23)c(N)n1. The summed E-state index contributed by atoms with van der Waals surface area (Å²) >= 11 is 0. The van der Waals surface area contributed by atoms with Crippen molar-refractivity contribution in [3.05, 3.63) is 47.8 Å². The minimum absolute atomic E-state index is 0.204. The maximum Gasteiger partial charge on any atom is 0.221 e. The highest BCUT2D eigenvalue weighted by molar-refractivity contribution is 5.83. The van der Waals surface area contributed by atoms with Gasteiger partial charge in [-0.2, -0.15) is 4.98 Å². The first kappa shape index (κ1) is 10.6. The summed E-state index contributed by atoms with van der Waals surface area (Å²) in [6, 6.07) is 8.14. The fraction of sp³-hybridized carbons (Fsp3) is 0.0769. The smallest absolute Gasteiger partial charge is 0.221 e. The fourth-order valence-corrected chi connectivity index (χ4v) is 2.05. The van der Waals surface area contributed by atoms with Gasteiger partial charge in [0.25, 0.3) is 0 Å². The van der Waals surface area contributed by atoms with Gasteiger partial charge in [-0.1, -0.05) is 18.2 Å². The van der Waals surface area contributed by atoms with Gasteiger partial charge in [0.2, 0.25) is 5.95 Å². The number of anilines is 2. The Morgan fingerprint density at radius 2 is 1.94 bits per heavy atom. The van der Waals surface area contributed by atoms with Gasteiger partial charge in [0.1, 0.15) is 5.82 Å². The molecule has 5 heteroatoms. The Labute approximate surface area is 104 Å². The van der Waals surface area contributed by atoms with Crippen LogP contribution in [0.2, 0.25) is 0 Å². The first-order chi connectivity index (χ1) is 8.74. The molecular weight excluding hydrogens is 226 g/mol. The molecule has 3 aromatic rings. The van der Waals surface area contributed by atoms with Crippen LogP contribution in [0.5, 0.6) is 0 Å². The normalized spacial score (nSPS) is 10.9. The Morgan fingerprint density at radius 1 is 1.11 bits per heavy atom. The zero-order valence-corrected chi connectivity index (χ0v) is 9.72. The van der Waals surface area contributed by atoms with Crippen molar-refractivity contribution >= 4 is 22.7 Å². The van der Waals surface area contributed by atoms with Crippen molar-refractivity contribution in [2.24, 2.45) is 0 Å². The summed E-state index contributed by atoms with van der Waals surface area (Å²) in [7, 11) is 0. The zero-order valence-electron chi connectivity index (χ0n) is 9.72. The van der Waals surface area contributed by atoms with Crippen LogP contribution in [0, 0.1) is 0 Å². The van der Waals surface area contributed by atoms with Gasteiger partial charge in [0.05, 0.1) is 0 Å². The van der Waals surface area contributed by atoms with Gasteiger partial charge in [-0.05, 0) is 11.6 Å². The Morgan fingerprint density at radius 3 is 2.78 bits per heavy atom. The molecule has 18 heavy (non-hydrogen) atoms. The minimum Gasteiger partial charge on any atom is -0.383 e. The van der Waals surface area contributed by atoms with Gasteiger partial charge < -0.3 is 16.5 Å². The van der Waals surface area contributed by atoms with E-state index in [2.05, 4.69) is 21.0 Å². The molecule has 0 spiro atoms. The Balaban J connectivity index is 2.01. The van der Waals surface area contributed by atoms with Crippen LogP contribution in [0.3, 0.4) is 0 Å². The second-order valence-electron chi connectivity index (χ2n) is 4.17. The summed E-state index contributed by atoms with van der Waals surface area (Å²) in [5, 5.41) is 1.19. The Kier molecular flexibility index (Phi) is 2.37. The van der Waals surface area contributed by atoms with Crippen molar-refractivity contribution in [2.45, 2.75) is 6.42 Å². The fourth-order valence-electron chi connectivity index (χ4n) is 2.05. The largest absolute Gasteiger partial charge is 0.383 e. The second-order valence-corrected chi connectivity index (χ2v) is 4.17. The average molecular weight is 239 g/mol. The lowest BCUT2D eigenvalue weighted by atomic mass is 10.1. The molecule has 5 N–H and O–H groups in total. The summed E-state index contributed by atoms with van der Waals surface area (Å²) in [6.07, 6.45) is 4.36. The van der Waals surface area contributed by atoms with Crippen molar-refractivity contribution in [3.63, 3.8) is 0 Å². The number of hydrogen-bond acceptors (Lipinski definition) is 4. The summed E-state index contributed by atoms with van der Waals surface area (Å²) in [4.78, 5) is 11.2. The van der Waals surface area contributed by atoms with E-state index in [1.165, 1.54) is 10.9 Å². The molecule has 0 unspecified atom stereocenters. The van der Waals surface area contributed by atoms with Crippen molar-refractivity contribution in [3.8, 4) is 0 Å². The van der Waals surface area contributed by atoms with Crippen molar-refractivity contribution in [1.29, 1.82) is 0 Å². The monoisotopic (exact) mass is 239 g/mol. The summed E-state index contributed by atoms with van der Waals surface area (Å²) in [6.45, 7) is 0. The highest BCUT2D eigenvalue weighted by atomic mass is 15.0. The number of nitrogens with two attached hydrogens (primary N) is 2. The van der Waals surface area contributed by atoms with Crippen LogP contribution in [0.15, 0.2) is 36.7 Å². The van der Waals surface area contributed by atoms with Gasteiger partial charge in [-0.25, -0.2) is 4.98 Å². The van der Waals surface area contributed by atoms with Gasteiger partial charge in [-0.15, -0.1) is 0 Å². The highest BCUT2D eigenvalue weighted by Gasteiger charge is 2.07. The maximum atomic E-state index is 5.84. The van der Waals surface area contributed by atoms with Crippen LogP contribution in [0.1, 0.15) is 11.1 Å². The molecule has 2 aromatic heterocycles. The van der Waals surface area contributed by atoms with Crippen LogP contribution in [0.4, 0.5) is 11.8 Å². The lowest BCUT2D eigenvalue weighted by Gasteiger charge is -2.04. The van der Waals surface area contributed by atoms with Gasteiger partial charge in [-0.3, -0.25) is 0 Å². The summed E-state index contributed by atoms with van der Waals surface area (Å²) in [5.74, 6) is 0.642. The van der Waals surface area contributed by atoms with E-state index in [9.17, 15) is 0 Å². The van der Waals surface area contributed by atoms with Crippen LogP contribution in [-0.4, -0.2) is 15.0 Å². The van der Waals surface area contributed by atoms with E-state index in [0.717, 1.165) is 11.1 Å². The molecule has 0 fully saturated rings. The number of rotatable bonds is 2. The molecule has 0 aliphatic heterocycles. The quantitative estimate of drug-likeness (QED) is 0.634. The highest BCUT2D eigenvalue weighted by Crippen LogP contribution is 2.22. The number of nitrogen functional groups attached to an aromatic ring is 2. The Hall–Kier alpha value is -2.56. The van der Waals surface area contributed by atoms with E-state index in [4.69, 9.17) is 11.5 Å². The maximum absolute atomic E-state index is 5.84. The number of nitrogens with one attached hydrogen (secondary N) is 1. The first-order valence-corrected chi connectivity index (χ1v) is 5.66. The number of fused-ring (bicyclic) bond motifs is 1. The Bertz CT molecular complexity index is 701. The van der Waals surface area contributed by atoms with E-state index >= 15 is 0 Å². The molecule has 0 amide bonds. The number of aromatic nitrogens is 3. The third-order valence-electron chi connectivity index (χ3n) is 2.97. The zero-order chi connectivity index (χ0) is 12.5. The first-order valence-electron chi connectivity index (χ1n) is 5.66. The van der Waals surface area contributed by atoms with Crippen molar-refractivity contribution < 1.29 is 0 Å². The van der Waals surface area contributed by atoms with E-state index in [0.29, 0.717) is 12.2 Å². The minimum atomic E-state index is 0.204. The predicted octanol–water partition coefficient (Wildman–Crippen LogP) is 1.71. The van der Waals surface area contributed by atoms with Crippen molar-refractivity contribution in [1.82, 2.24) is 15.0 Å². The number of H-pyrrole nitrogens is 1. The lowest BCUT2D eigenvalue weighted by Crippen LogP contribution is -2.03. The summed E-state index contributed by atoms with van der Waals surface area (Å²) in [5.41, 5.74) is 14.5. The standard InChI is InChI=1S/C13H13N5/c14-12-9(7-17-13(15)18-12)5-8-6-16-11-4-2-1-3-10(8)11/h1-4,6-7,16H,5H2,(H4,14,15,17,18). The topological polar surface area (TPSA) is 93.6 Å². The van der Waals surface area contributed by atoms with Gasteiger partial charge in [0.15, 0.2) is 0 Å². The van der Waals surface area contributed by atoms with Gasteiger partial charge >= 0.3 is 0 Å². The van der Waals surface area contributed by atoms with Crippen LogP contribution in [0.25, 0.3) is 10.9 Å². The van der Waals surface area contributed by atoms with E-state index in [1.54, 1.807) is 6.20 Å². The van der Waals surface area contributed by atoms with Crippen LogP contribution < -0.4 is 11.5 Å². The molecule has 0 saturated heterocycles.